The molecule has 1 aliphatic rings. The van der Waals surface area contributed by atoms with Crippen LogP contribution in [0.25, 0.3) is 11.0 Å². The molecule has 0 radical (unpaired) electrons. The Labute approximate surface area is 231 Å². The van der Waals surface area contributed by atoms with E-state index >= 15 is 0 Å². The van der Waals surface area contributed by atoms with Crippen molar-refractivity contribution in [2.45, 2.75) is 51.3 Å². The number of amides is 1. The van der Waals surface area contributed by atoms with Crippen LogP contribution in [0.1, 0.15) is 34.8 Å². The molecule has 0 aliphatic carbocycles. The van der Waals surface area contributed by atoms with Crippen LogP contribution in [-0.2, 0) is 11.5 Å². The maximum absolute atomic E-state index is 14.8. The molecule has 0 bridgehead atoms. The van der Waals surface area contributed by atoms with Gasteiger partial charge in [0, 0.05) is 33.0 Å². The molecule has 12 heteroatoms. The van der Waals surface area contributed by atoms with Crippen LogP contribution in [0.5, 0.6) is 0 Å². The fourth-order valence-corrected chi connectivity index (χ4v) is 5.53. The average molecular weight is 569 g/mol. The Morgan fingerprint density at radius 2 is 1.93 bits per heavy atom. The lowest BCUT2D eigenvalue weighted by molar-refractivity contribution is 0.0814. The van der Waals surface area contributed by atoms with Gasteiger partial charge in [-0.2, -0.15) is 9.49 Å². The Kier molecular flexibility index (Phi) is 7.90. The number of halogens is 3. The second-order valence-corrected chi connectivity index (χ2v) is 16.7. The number of benzene rings is 1. The van der Waals surface area contributed by atoms with Crippen molar-refractivity contribution in [3.05, 3.63) is 77.5 Å². The third kappa shape index (κ3) is 6.17. The Balaban J connectivity index is 1.49. The molecule has 1 N–H and O–H groups in total. The van der Waals surface area contributed by atoms with Crippen molar-refractivity contribution in [3.8, 4) is 0 Å². The zero-order valence-corrected chi connectivity index (χ0v) is 23.6. The lowest BCUT2D eigenvalue weighted by Gasteiger charge is -2.25. The van der Waals surface area contributed by atoms with Crippen molar-refractivity contribution in [1.29, 1.82) is 0 Å². The Bertz CT molecular complexity index is 1520. The molecule has 0 saturated carbocycles. The van der Waals surface area contributed by atoms with E-state index in [1.165, 1.54) is 18.3 Å². The van der Waals surface area contributed by atoms with E-state index in [0.717, 1.165) is 36.9 Å². The van der Waals surface area contributed by atoms with Gasteiger partial charge in [-0.25, -0.2) is 23.4 Å². The maximum atomic E-state index is 14.8. The number of nitrogens with one attached hydrogen (secondary N) is 1. The van der Waals surface area contributed by atoms with Gasteiger partial charge < -0.3 is 15.0 Å². The zero-order valence-electron chi connectivity index (χ0n) is 22.6. The molecule has 1 aromatic carbocycles. The van der Waals surface area contributed by atoms with E-state index in [-0.39, 0.29) is 17.9 Å². The Morgan fingerprint density at radius 1 is 1.10 bits per heavy atom. The average Bonchev–Trinajstić information content (AvgIpc) is 3.52. The standard InChI is InChI=1S/C28H31F3N6O2Si/c1-40(2,3)12-11-39-17-37-26-22(14-20(16-33-26)34-28(38)18-6-9-25(31)32-15-18)27(35-37)36-10-4-5-24(36)21-13-19(29)7-8-23(21)30/h6-9,13-16,24H,4-5,10-12,17H2,1-3H3,(H,34,38). The van der Waals surface area contributed by atoms with Crippen molar-refractivity contribution >= 4 is 36.5 Å². The van der Waals surface area contributed by atoms with Gasteiger partial charge >= 0.3 is 0 Å². The highest BCUT2D eigenvalue weighted by Crippen LogP contribution is 2.40. The minimum atomic E-state index is -1.29. The molecule has 5 rings (SSSR count). The molecule has 1 unspecified atom stereocenters. The van der Waals surface area contributed by atoms with Gasteiger partial charge in [0.25, 0.3) is 5.91 Å². The fourth-order valence-electron chi connectivity index (χ4n) is 4.77. The normalized spacial score (nSPS) is 15.7. The number of ether oxygens (including phenoxy) is 1. The summed E-state index contributed by atoms with van der Waals surface area (Å²) in [6, 6.07) is 8.26. The van der Waals surface area contributed by atoms with Crippen LogP contribution in [-0.4, -0.2) is 46.9 Å². The predicted octanol–water partition coefficient (Wildman–Crippen LogP) is 6.15. The number of aromatic nitrogens is 4. The number of fused-ring (bicyclic) bond motifs is 1. The van der Waals surface area contributed by atoms with Crippen LogP contribution in [0.15, 0.2) is 48.8 Å². The molecular weight excluding hydrogens is 537 g/mol. The van der Waals surface area contributed by atoms with Crippen LogP contribution in [0.2, 0.25) is 25.7 Å². The molecule has 3 aromatic heterocycles. The molecule has 1 atom stereocenters. The molecule has 0 spiro atoms. The smallest absolute Gasteiger partial charge is 0.257 e. The molecule has 4 aromatic rings. The largest absolute Gasteiger partial charge is 0.359 e. The van der Waals surface area contributed by atoms with Gasteiger partial charge in [-0.15, -0.1) is 0 Å². The number of rotatable bonds is 9. The number of pyridine rings is 2. The summed E-state index contributed by atoms with van der Waals surface area (Å²) in [6.45, 7) is 8.17. The van der Waals surface area contributed by atoms with Gasteiger partial charge in [-0.05, 0) is 55.3 Å². The highest BCUT2D eigenvalue weighted by atomic mass is 28.3. The van der Waals surface area contributed by atoms with Crippen LogP contribution in [0.4, 0.5) is 24.7 Å². The van der Waals surface area contributed by atoms with Crippen molar-refractivity contribution < 1.29 is 22.7 Å². The van der Waals surface area contributed by atoms with Gasteiger partial charge in [0.15, 0.2) is 11.5 Å². The van der Waals surface area contributed by atoms with E-state index in [2.05, 4.69) is 34.9 Å². The summed E-state index contributed by atoms with van der Waals surface area (Å²) in [5, 5.41) is 8.21. The summed E-state index contributed by atoms with van der Waals surface area (Å²) in [5.41, 5.74) is 1.40. The molecule has 8 nitrogen and oxygen atoms in total. The fraction of sp³-hybridized carbons (Fsp3) is 0.357. The van der Waals surface area contributed by atoms with E-state index in [1.54, 1.807) is 10.7 Å². The third-order valence-corrected chi connectivity index (χ3v) is 8.57. The van der Waals surface area contributed by atoms with Gasteiger partial charge in [0.2, 0.25) is 5.95 Å². The van der Waals surface area contributed by atoms with Gasteiger partial charge in [0.1, 0.15) is 18.4 Å². The van der Waals surface area contributed by atoms with E-state index in [9.17, 15) is 18.0 Å². The molecule has 40 heavy (non-hydrogen) atoms. The third-order valence-electron chi connectivity index (χ3n) is 6.87. The van der Waals surface area contributed by atoms with E-state index in [4.69, 9.17) is 9.84 Å². The highest BCUT2D eigenvalue weighted by molar-refractivity contribution is 6.76. The lowest BCUT2D eigenvalue weighted by Crippen LogP contribution is -2.24. The number of anilines is 2. The second kappa shape index (κ2) is 11.4. The molecule has 210 valence electrons. The van der Waals surface area contributed by atoms with Crippen LogP contribution < -0.4 is 10.2 Å². The SMILES string of the molecule is C[Si](C)(C)CCOCn1nc(N2CCCC2c2cc(F)ccc2F)c2cc(NC(=O)c3ccc(F)nc3)cnc21. The number of carbonyl (C=O) groups is 1. The first kappa shape index (κ1) is 27.8. The summed E-state index contributed by atoms with van der Waals surface area (Å²) >= 11 is 0. The van der Waals surface area contributed by atoms with Crippen LogP contribution in [0.3, 0.4) is 0 Å². The Hall–Kier alpha value is -3.77. The number of hydrogen-bond acceptors (Lipinski definition) is 6. The van der Waals surface area contributed by atoms with Crippen molar-refractivity contribution in [2.24, 2.45) is 0 Å². The molecular formula is C28H31F3N6O2Si. The van der Waals surface area contributed by atoms with Gasteiger partial charge in [-0.1, -0.05) is 19.6 Å². The summed E-state index contributed by atoms with van der Waals surface area (Å²) in [7, 11) is -1.29. The first-order valence-corrected chi connectivity index (χ1v) is 16.9. The first-order valence-electron chi connectivity index (χ1n) is 13.2. The molecule has 4 heterocycles. The molecule has 1 aliphatic heterocycles. The van der Waals surface area contributed by atoms with Crippen molar-refractivity contribution in [3.63, 3.8) is 0 Å². The first-order chi connectivity index (χ1) is 19.1. The quantitative estimate of drug-likeness (QED) is 0.148. The zero-order chi connectivity index (χ0) is 28.4. The minimum absolute atomic E-state index is 0.174. The number of hydrogen-bond donors (Lipinski definition) is 1. The van der Waals surface area contributed by atoms with Gasteiger partial charge in [0.05, 0.1) is 28.9 Å². The number of carbonyl (C=O) groups excluding carboxylic acids is 1. The molecule has 1 saturated heterocycles. The second-order valence-electron chi connectivity index (χ2n) is 11.1. The maximum Gasteiger partial charge on any atom is 0.257 e. The summed E-state index contributed by atoms with van der Waals surface area (Å²) in [5.74, 6) is -1.59. The highest BCUT2D eigenvalue weighted by Gasteiger charge is 2.32. The topological polar surface area (TPSA) is 85.2 Å². The summed E-state index contributed by atoms with van der Waals surface area (Å²) in [4.78, 5) is 22.8. The lowest BCUT2D eigenvalue weighted by atomic mass is 10.0. The van der Waals surface area contributed by atoms with Gasteiger partial charge in [-0.3, -0.25) is 4.79 Å². The summed E-state index contributed by atoms with van der Waals surface area (Å²) < 4.78 is 49.7. The van der Waals surface area contributed by atoms with E-state index in [1.807, 2.05) is 4.90 Å². The van der Waals surface area contributed by atoms with Crippen molar-refractivity contribution in [2.75, 3.05) is 23.4 Å². The number of nitrogens with zero attached hydrogens (tertiary/aromatic N) is 5. The minimum Gasteiger partial charge on any atom is -0.359 e. The van der Waals surface area contributed by atoms with Crippen molar-refractivity contribution in [1.82, 2.24) is 19.7 Å². The van der Waals surface area contributed by atoms with Crippen LogP contribution >= 0.6 is 0 Å². The van der Waals surface area contributed by atoms with Crippen LogP contribution in [0, 0.1) is 17.6 Å². The molecule has 1 fully saturated rings. The Morgan fingerprint density at radius 3 is 2.67 bits per heavy atom. The monoisotopic (exact) mass is 568 g/mol. The summed E-state index contributed by atoms with van der Waals surface area (Å²) in [6.07, 6.45) is 4.06. The van der Waals surface area contributed by atoms with E-state index < -0.39 is 37.6 Å². The predicted molar refractivity (Wildman–Crippen MR) is 149 cm³/mol. The molecule has 1 amide bonds. The van der Waals surface area contributed by atoms with E-state index in [0.29, 0.717) is 42.1 Å².